The van der Waals surface area contributed by atoms with E-state index in [4.69, 9.17) is 4.03 Å². The number of imidazole rings is 1. The van der Waals surface area contributed by atoms with Crippen molar-refractivity contribution in [2.75, 3.05) is 11.6 Å². The molecule has 41 heavy (non-hydrogen) atoms. The number of nitrogens with one attached hydrogen (secondary N) is 2. The van der Waals surface area contributed by atoms with E-state index in [1.165, 1.54) is 6.07 Å². The lowest BCUT2D eigenvalue weighted by molar-refractivity contribution is -0.121. The van der Waals surface area contributed by atoms with Gasteiger partial charge in [-0.3, -0.25) is 8.82 Å². The van der Waals surface area contributed by atoms with Gasteiger partial charge in [0.05, 0.1) is 21.8 Å². The van der Waals surface area contributed by atoms with Gasteiger partial charge < -0.3 is 9.88 Å². The molecule has 0 radical (unpaired) electrons. The van der Waals surface area contributed by atoms with Crippen LogP contribution in [0.1, 0.15) is 71.9 Å². The summed E-state index contributed by atoms with van der Waals surface area (Å²) >= 11 is 0. The molecule has 1 fully saturated rings. The Morgan fingerprint density at radius 2 is 1.90 bits per heavy atom. The van der Waals surface area contributed by atoms with E-state index >= 15 is 4.39 Å². The summed E-state index contributed by atoms with van der Waals surface area (Å²) in [7, 11) is -4.69. The molecule has 8 nitrogen and oxygen atoms in total. The third-order valence-corrected chi connectivity index (χ3v) is 16.2. The molecule has 1 aliphatic carbocycles. The highest BCUT2D eigenvalue weighted by molar-refractivity contribution is 7.91. The third kappa shape index (κ3) is 7.06. The summed E-state index contributed by atoms with van der Waals surface area (Å²) in [6, 6.07) is 5.32. The average Bonchev–Trinajstić information content (AvgIpc) is 3.28. The zero-order valence-electron chi connectivity index (χ0n) is 25.8. The minimum Gasteiger partial charge on any atom is -0.328 e. The molecule has 0 bridgehead atoms. The maximum atomic E-state index is 15.0. The Balaban J connectivity index is 1.51. The number of carbonyl (C=O) groups excluding carboxylic acids is 1. The minimum absolute atomic E-state index is 0.00458. The van der Waals surface area contributed by atoms with Crippen molar-refractivity contribution in [3.63, 3.8) is 0 Å². The van der Waals surface area contributed by atoms with E-state index in [0.29, 0.717) is 23.3 Å². The summed E-state index contributed by atoms with van der Waals surface area (Å²) in [4.78, 5) is 22.0. The molecule has 0 aliphatic heterocycles. The number of aromatic nitrogens is 3. The molecule has 1 amide bonds. The molecule has 4 rings (SSSR count). The van der Waals surface area contributed by atoms with Crippen molar-refractivity contribution in [2.45, 2.75) is 97.4 Å². The van der Waals surface area contributed by atoms with Gasteiger partial charge in [-0.05, 0) is 93.1 Å². The van der Waals surface area contributed by atoms with Gasteiger partial charge in [-0.2, -0.15) is 0 Å². The molecule has 3 aromatic rings. The van der Waals surface area contributed by atoms with Crippen molar-refractivity contribution in [1.82, 2.24) is 19.3 Å². The van der Waals surface area contributed by atoms with Crippen LogP contribution in [-0.2, 0) is 14.7 Å². The fraction of sp³-hybridized carbons (Fsp3) is 0.567. The van der Waals surface area contributed by atoms with Crippen LogP contribution in [0, 0.1) is 18.7 Å². The first-order chi connectivity index (χ1) is 19.0. The number of rotatable bonds is 7. The van der Waals surface area contributed by atoms with Crippen LogP contribution >= 0.6 is 0 Å². The summed E-state index contributed by atoms with van der Waals surface area (Å²) in [5, 5.41) is 2.99. The van der Waals surface area contributed by atoms with Gasteiger partial charge in [-0.25, -0.2) is 23.3 Å². The van der Waals surface area contributed by atoms with Crippen molar-refractivity contribution in [1.29, 1.82) is 0 Å². The smallest absolute Gasteiger partial charge is 0.228 e. The predicted molar refractivity (Wildman–Crippen MR) is 169 cm³/mol. The van der Waals surface area contributed by atoms with E-state index in [0.717, 1.165) is 35.9 Å². The highest BCUT2D eigenvalue weighted by atomic mass is 32.2. The Labute approximate surface area is 245 Å². The van der Waals surface area contributed by atoms with E-state index in [-0.39, 0.29) is 34.8 Å². The zero-order valence-corrected chi connectivity index (χ0v) is 27.7. The van der Waals surface area contributed by atoms with Crippen LogP contribution in [0.15, 0.2) is 34.8 Å². The maximum absolute atomic E-state index is 15.0. The van der Waals surface area contributed by atoms with Gasteiger partial charge in [-0.1, -0.05) is 27.2 Å². The fourth-order valence-electron chi connectivity index (χ4n) is 5.23. The number of benzene rings is 1. The highest BCUT2D eigenvalue weighted by Crippen LogP contribution is 2.37. The molecule has 2 N–H and O–H groups in total. The Morgan fingerprint density at radius 3 is 2.56 bits per heavy atom. The average molecular weight is 601 g/mol. The molecule has 224 valence electrons. The van der Waals surface area contributed by atoms with Crippen molar-refractivity contribution in [2.24, 2.45) is 9.95 Å². The van der Waals surface area contributed by atoms with Gasteiger partial charge in [0.15, 0.2) is 14.1 Å². The first-order valence-corrected chi connectivity index (χ1v) is 19.3. The number of pyridine rings is 1. The van der Waals surface area contributed by atoms with E-state index in [2.05, 4.69) is 53.9 Å². The number of nitrogens with zero attached hydrogens (tertiary/aromatic N) is 4. The van der Waals surface area contributed by atoms with E-state index in [1.54, 1.807) is 24.8 Å². The molecular formula is C30H45FN6O2SSi. The number of halogens is 1. The number of hydrogen-bond donors (Lipinski definition) is 2. The van der Waals surface area contributed by atoms with Crippen molar-refractivity contribution >= 4 is 40.9 Å². The summed E-state index contributed by atoms with van der Waals surface area (Å²) in [5.74, 6) is -0.296. The number of aryl methyl sites for hydroxylation is 1. The van der Waals surface area contributed by atoms with Crippen LogP contribution in [0.2, 0.25) is 18.1 Å². The van der Waals surface area contributed by atoms with Crippen molar-refractivity contribution in [3.8, 4) is 11.1 Å². The molecule has 0 saturated heterocycles. The quantitative estimate of drug-likeness (QED) is 0.279. The fourth-order valence-corrected chi connectivity index (χ4v) is 10.9. The van der Waals surface area contributed by atoms with Gasteiger partial charge in [0, 0.05) is 30.5 Å². The molecule has 11 heteroatoms. The first kappa shape index (κ1) is 31.3. The number of anilines is 1. The number of amides is 1. The predicted octanol–water partition coefficient (Wildman–Crippen LogP) is 7.23. The lowest BCUT2D eigenvalue weighted by Crippen LogP contribution is -2.43. The molecule has 1 aliphatic rings. The Hall–Kier alpha value is -2.63. The summed E-state index contributed by atoms with van der Waals surface area (Å²) in [5.41, 5.74) is 3.45. The molecule has 2 aromatic heterocycles. The Morgan fingerprint density at radius 1 is 1.20 bits per heavy atom. The second-order valence-corrected chi connectivity index (χ2v) is 20.5. The topological polar surface area (TPSA) is 101 Å². The van der Waals surface area contributed by atoms with Gasteiger partial charge in [-0.15, -0.1) is 0 Å². The van der Waals surface area contributed by atoms with Crippen molar-refractivity contribution in [3.05, 3.63) is 42.1 Å². The largest absolute Gasteiger partial charge is 0.328 e. The third-order valence-electron chi connectivity index (χ3n) is 8.52. The second-order valence-electron chi connectivity index (χ2n) is 13.3. The monoisotopic (exact) mass is 600 g/mol. The molecule has 3 atom stereocenters. The van der Waals surface area contributed by atoms with Crippen LogP contribution in [-0.4, -0.2) is 45.2 Å². The van der Waals surface area contributed by atoms with Crippen LogP contribution in [0.3, 0.4) is 0 Å². The highest BCUT2D eigenvalue weighted by Gasteiger charge is 2.37. The number of carbonyl (C=O) groups is 1. The first-order valence-electron chi connectivity index (χ1n) is 14.4. The van der Waals surface area contributed by atoms with Crippen LogP contribution in [0.25, 0.3) is 22.2 Å². The van der Waals surface area contributed by atoms with Gasteiger partial charge in [0.25, 0.3) is 0 Å². The van der Waals surface area contributed by atoms with E-state index < -0.39 is 18.2 Å². The molecule has 1 unspecified atom stereocenters. The lowest BCUT2D eigenvalue weighted by atomic mass is 9.85. The molecule has 0 spiro atoms. The summed E-state index contributed by atoms with van der Waals surface area (Å²) in [6.45, 7) is 16.7. The number of fused-ring (bicyclic) bond motifs is 1. The van der Waals surface area contributed by atoms with Crippen molar-refractivity contribution < 1.29 is 13.4 Å². The van der Waals surface area contributed by atoms with Gasteiger partial charge in [0.2, 0.25) is 5.91 Å². The standard InChI is InChI=1S/C30H45FN6O2SSi/c1-19(2)37-18-33-28-25(31)14-22(15-26(28)37)24-16-27(32-17-20(24)3)34-29(38)21-11-10-12-23(13-21)35-40(7,39)36-41(8,9)30(4,5)6/h14-19,21,23H,10-13H2,1-9H3,(H,32,34,38)(H,35,36,39)/t21-,23+,40?/m0/s1. The van der Waals surface area contributed by atoms with Gasteiger partial charge in [0.1, 0.15) is 11.3 Å². The maximum Gasteiger partial charge on any atom is 0.228 e. The normalized spacial score (nSPS) is 19.8. The van der Waals surface area contributed by atoms with Crippen LogP contribution in [0.4, 0.5) is 10.2 Å². The summed E-state index contributed by atoms with van der Waals surface area (Å²) in [6.07, 6.45) is 8.11. The molecule has 1 aromatic carbocycles. The minimum atomic E-state index is -2.59. The second kappa shape index (κ2) is 11.6. The molecule has 2 heterocycles. The molecular weight excluding hydrogens is 556 g/mol. The van der Waals surface area contributed by atoms with Gasteiger partial charge >= 0.3 is 0 Å². The SMILES string of the molecule is Cc1cnc(NC(=O)[C@H]2CCC[C@@H](NS(C)(=O)=N[Si](C)(C)C(C)(C)C)C2)cc1-c1cc(F)c2ncn(C(C)C)c2c1. The lowest BCUT2D eigenvalue weighted by Gasteiger charge is -2.34. The van der Waals surface area contributed by atoms with Crippen LogP contribution in [0.5, 0.6) is 0 Å². The number of hydrogen-bond acceptors (Lipinski definition) is 5. The molecule has 1 saturated carbocycles. The van der Waals surface area contributed by atoms with E-state index in [9.17, 15) is 9.00 Å². The van der Waals surface area contributed by atoms with Crippen LogP contribution < -0.4 is 10.0 Å². The Bertz CT molecular complexity index is 1570. The van der Waals surface area contributed by atoms with E-state index in [1.807, 2.05) is 31.4 Å². The Kier molecular flexibility index (Phi) is 8.83. The summed E-state index contributed by atoms with van der Waals surface area (Å²) < 4.78 is 38.5. The zero-order chi connectivity index (χ0) is 30.3.